The molecule has 0 fully saturated rings. The smallest absolute Gasteiger partial charge is 0.257 e. The van der Waals surface area contributed by atoms with Gasteiger partial charge in [-0.05, 0) is 48.4 Å². The Kier molecular flexibility index (Phi) is 6.07. The fraction of sp³-hybridized carbons (Fsp3) is 0.364. The Hall–Kier alpha value is -2.76. The molecular formula is C22H24F2N2O2. The second-order valence-electron chi connectivity index (χ2n) is 7.44. The Bertz CT molecular complexity index is 862. The average molecular weight is 386 g/mol. The number of benzene rings is 2. The van der Waals surface area contributed by atoms with Gasteiger partial charge < -0.3 is 10.6 Å². The Morgan fingerprint density at radius 2 is 1.71 bits per heavy atom. The van der Waals surface area contributed by atoms with Crippen molar-refractivity contribution >= 4 is 11.8 Å². The Balaban J connectivity index is 1.76. The number of nitrogens with one attached hydrogen (secondary N) is 2. The standard InChI is InChI=1S/C22H24F2N2O2/c1-13(2)20(26-21(27)19-16(23)10-6-11-17(19)24)22(28)25-18-12-5-8-14-7-3-4-9-15(14)18/h3-4,6-7,9-11,13,18,20H,5,8,12H2,1-2H3,(H,25,28)(H,26,27)/t18-,20+/m1/s1. The lowest BCUT2D eigenvalue weighted by atomic mass is 9.87. The molecule has 2 aromatic carbocycles. The molecule has 2 aromatic rings. The van der Waals surface area contributed by atoms with Gasteiger partial charge in [0.2, 0.25) is 5.91 Å². The number of aryl methyl sites for hydroxylation is 1. The van der Waals surface area contributed by atoms with Gasteiger partial charge in [0.1, 0.15) is 23.2 Å². The van der Waals surface area contributed by atoms with E-state index in [0.29, 0.717) is 0 Å². The van der Waals surface area contributed by atoms with Crippen LogP contribution in [0.25, 0.3) is 0 Å². The normalized spacial score (nSPS) is 17.0. The van der Waals surface area contributed by atoms with Crippen molar-refractivity contribution in [2.75, 3.05) is 0 Å². The van der Waals surface area contributed by atoms with Gasteiger partial charge in [0.15, 0.2) is 0 Å². The first-order valence-corrected chi connectivity index (χ1v) is 9.51. The lowest BCUT2D eigenvalue weighted by molar-refractivity contribution is -0.124. The molecule has 148 valence electrons. The zero-order valence-electron chi connectivity index (χ0n) is 16.0. The molecule has 2 atom stereocenters. The lowest BCUT2D eigenvalue weighted by Crippen LogP contribution is -2.51. The zero-order valence-corrected chi connectivity index (χ0v) is 16.0. The number of carbonyl (C=O) groups is 2. The van der Waals surface area contributed by atoms with Crippen LogP contribution in [0.1, 0.15) is 54.2 Å². The van der Waals surface area contributed by atoms with Gasteiger partial charge >= 0.3 is 0 Å². The molecule has 0 aliphatic heterocycles. The molecule has 2 amide bonds. The van der Waals surface area contributed by atoms with Crippen LogP contribution < -0.4 is 10.6 Å². The fourth-order valence-corrected chi connectivity index (χ4v) is 3.63. The summed E-state index contributed by atoms with van der Waals surface area (Å²) < 4.78 is 27.8. The molecule has 28 heavy (non-hydrogen) atoms. The maximum Gasteiger partial charge on any atom is 0.257 e. The van der Waals surface area contributed by atoms with Crippen molar-refractivity contribution in [3.63, 3.8) is 0 Å². The molecule has 0 saturated heterocycles. The topological polar surface area (TPSA) is 58.2 Å². The predicted molar refractivity (Wildman–Crippen MR) is 103 cm³/mol. The van der Waals surface area contributed by atoms with E-state index in [2.05, 4.69) is 16.7 Å². The molecule has 0 heterocycles. The Morgan fingerprint density at radius 3 is 2.39 bits per heavy atom. The van der Waals surface area contributed by atoms with Crippen molar-refractivity contribution in [2.45, 2.75) is 45.2 Å². The zero-order chi connectivity index (χ0) is 20.3. The highest BCUT2D eigenvalue weighted by atomic mass is 19.1. The Morgan fingerprint density at radius 1 is 1.04 bits per heavy atom. The van der Waals surface area contributed by atoms with E-state index in [4.69, 9.17) is 0 Å². The molecule has 6 heteroatoms. The first-order valence-electron chi connectivity index (χ1n) is 9.51. The van der Waals surface area contributed by atoms with Crippen molar-refractivity contribution in [1.82, 2.24) is 10.6 Å². The molecule has 0 unspecified atom stereocenters. The molecule has 0 spiro atoms. The van der Waals surface area contributed by atoms with Gasteiger partial charge in [0, 0.05) is 0 Å². The van der Waals surface area contributed by atoms with Crippen molar-refractivity contribution < 1.29 is 18.4 Å². The summed E-state index contributed by atoms with van der Waals surface area (Å²) >= 11 is 0. The van der Waals surface area contributed by atoms with Gasteiger partial charge in [-0.2, -0.15) is 0 Å². The third kappa shape index (κ3) is 4.21. The van der Waals surface area contributed by atoms with Crippen molar-refractivity contribution in [3.05, 3.63) is 70.8 Å². The monoisotopic (exact) mass is 386 g/mol. The number of fused-ring (bicyclic) bond motifs is 1. The summed E-state index contributed by atoms with van der Waals surface area (Å²) in [6, 6.07) is 10.1. The number of hydrogen-bond acceptors (Lipinski definition) is 2. The van der Waals surface area contributed by atoms with Crippen LogP contribution >= 0.6 is 0 Å². The van der Waals surface area contributed by atoms with Crippen molar-refractivity contribution in [1.29, 1.82) is 0 Å². The lowest BCUT2D eigenvalue weighted by Gasteiger charge is -2.29. The fourth-order valence-electron chi connectivity index (χ4n) is 3.63. The van der Waals surface area contributed by atoms with Crippen LogP contribution in [-0.2, 0) is 11.2 Å². The summed E-state index contributed by atoms with van der Waals surface area (Å²) in [7, 11) is 0. The summed E-state index contributed by atoms with van der Waals surface area (Å²) in [5.41, 5.74) is 1.61. The third-order valence-corrected chi connectivity index (χ3v) is 5.11. The summed E-state index contributed by atoms with van der Waals surface area (Å²) in [5, 5.41) is 5.50. The molecule has 0 saturated carbocycles. The molecule has 4 nitrogen and oxygen atoms in total. The molecule has 1 aliphatic carbocycles. The molecule has 2 N–H and O–H groups in total. The van der Waals surface area contributed by atoms with Gasteiger partial charge in [0.05, 0.1) is 6.04 Å². The van der Waals surface area contributed by atoms with E-state index in [1.807, 2.05) is 18.2 Å². The van der Waals surface area contributed by atoms with Gasteiger partial charge in [-0.1, -0.05) is 44.2 Å². The highest BCUT2D eigenvalue weighted by molar-refractivity contribution is 5.98. The van der Waals surface area contributed by atoms with Gasteiger partial charge in [-0.15, -0.1) is 0 Å². The molecule has 0 aromatic heterocycles. The number of halogens is 2. The van der Waals surface area contributed by atoms with E-state index in [9.17, 15) is 18.4 Å². The molecule has 3 rings (SSSR count). The van der Waals surface area contributed by atoms with Crippen LogP contribution in [0.3, 0.4) is 0 Å². The van der Waals surface area contributed by atoms with E-state index in [0.717, 1.165) is 37.0 Å². The Labute approximate surface area is 163 Å². The van der Waals surface area contributed by atoms with Crippen molar-refractivity contribution in [2.24, 2.45) is 5.92 Å². The summed E-state index contributed by atoms with van der Waals surface area (Å²) in [5.74, 6) is -3.46. The van der Waals surface area contributed by atoms with Crippen molar-refractivity contribution in [3.8, 4) is 0 Å². The van der Waals surface area contributed by atoms with Gasteiger partial charge in [0.25, 0.3) is 5.91 Å². The van der Waals surface area contributed by atoms with E-state index < -0.39 is 29.1 Å². The number of carbonyl (C=O) groups excluding carboxylic acids is 2. The van der Waals surface area contributed by atoms with E-state index in [1.54, 1.807) is 13.8 Å². The van der Waals surface area contributed by atoms with E-state index in [1.165, 1.54) is 11.6 Å². The first kappa shape index (κ1) is 20.0. The largest absolute Gasteiger partial charge is 0.347 e. The van der Waals surface area contributed by atoms with E-state index >= 15 is 0 Å². The minimum Gasteiger partial charge on any atom is -0.347 e. The summed E-state index contributed by atoms with van der Waals surface area (Å²) in [6.07, 6.45) is 2.74. The first-order chi connectivity index (χ1) is 13.4. The molecule has 0 radical (unpaired) electrons. The van der Waals surface area contributed by atoms with Crippen LogP contribution in [0, 0.1) is 17.6 Å². The summed E-state index contributed by atoms with van der Waals surface area (Å²) in [4.78, 5) is 25.3. The van der Waals surface area contributed by atoms with Gasteiger partial charge in [-0.3, -0.25) is 9.59 Å². The highest BCUT2D eigenvalue weighted by Crippen LogP contribution is 2.29. The second-order valence-corrected chi connectivity index (χ2v) is 7.44. The number of amides is 2. The maximum absolute atomic E-state index is 13.9. The summed E-state index contributed by atoms with van der Waals surface area (Å²) in [6.45, 7) is 3.55. The molecular weight excluding hydrogens is 362 g/mol. The van der Waals surface area contributed by atoms with Crippen LogP contribution in [-0.4, -0.2) is 17.9 Å². The van der Waals surface area contributed by atoms with Crippen LogP contribution in [0.4, 0.5) is 8.78 Å². The minimum atomic E-state index is -0.957. The molecule has 1 aliphatic rings. The van der Waals surface area contributed by atoms with Crippen LogP contribution in [0.2, 0.25) is 0 Å². The number of rotatable bonds is 5. The predicted octanol–water partition coefficient (Wildman–Crippen LogP) is 3.91. The van der Waals surface area contributed by atoms with E-state index in [-0.39, 0.29) is 17.9 Å². The van der Waals surface area contributed by atoms with Gasteiger partial charge in [-0.25, -0.2) is 8.78 Å². The number of hydrogen-bond donors (Lipinski definition) is 2. The quantitative estimate of drug-likeness (QED) is 0.819. The average Bonchev–Trinajstić information content (AvgIpc) is 2.66. The molecule has 0 bridgehead atoms. The second kappa shape index (κ2) is 8.50. The maximum atomic E-state index is 13.9. The van der Waals surface area contributed by atoms with Crippen LogP contribution in [0.15, 0.2) is 42.5 Å². The van der Waals surface area contributed by atoms with Crippen LogP contribution in [0.5, 0.6) is 0 Å². The minimum absolute atomic E-state index is 0.138. The SMILES string of the molecule is CC(C)[C@H](NC(=O)c1c(F)cccc1F)C(=O)N[C@@H]1CCCc2ccccc21. The third-order valence-electron chi connectivity index (χ3n) is 5.11. The highest BCUT2D eigenvalue weighted by Gasteiger charge is 2.30.